The second kappa shape index (κ2) is 4.93. The average Bonchev–Trinajstić information content (AvgIpc) is 3.02. The monoisotopic (exact) mass is 273 g/mol. The molecule has 4 nitrogen and oxygen atoms in total. The van der Waals surface area contributed by atoms with E-state index in [2.05, 4.69) is 19.1 Å². The van der Waals surface area contributed by atoms with Crippen LogP contribution in [0.25, 0.3) is 0 Å². The van der Waals surface area contributed by atoms with Gasteiger partial charge in [-0.15, -0.1) is 0 Å². The molecule has 1 fully saturated rings. The van der Waals surface area contributed by atoms with Crippen molar-refractivity contribution in [2.45, 2.75) is 44.7 Å². The van der Waals surface area contributed by atoms with Crippen LogP contribution in [0.2, 0.25) is 0 Å². The molecular weight excluding hydrogens is 254 g/mol. The molecule has 1 amide bonds. The van der Waals surface area contributed by atoms with Gasteiger partial charge >= 0.3 is 5.97 Å². The Kier molecular flexibility index (Phi) is 3.24. The summed E-state index contributed by atoms with van der Waals surface area (Å²) in [6.45, 7) is 2.10. The lowest BCUT2D eigenvalue weighted by Gasteiger charge is -2.30. The Morgan fingerprint density at radius 2 is 2.10 bits per heavy atom. The molecule has 0 radical (unpaired) electrons. The number of hydrogen-bond donors (Lipinski definition) is 0. The maximum Gasteiger partial charge on any atom is 0.328 e. The summed E-state index contributed by atoms with van der Waals surface area (Å²) in [5, 5.41) is 0. The van der Waals surface area contributed by atoms with Gasteiger partial charge in [0.2, 0.25) is 5.91 Å². The highest BCUT2D eigenvalue weighted by molar-refractivity contribution is 5.88. The van der Waals surface area contributed by atoms with Gasteiger partial charge in [-0.2, -0.15) is 0 Å². The number of methoxy groups -OCH3 is 1. The fourth-order valence-corrected chi connectivity index (χ4v) is 3.56. The molecule has 106 valence electrons. The van der Waals surface area contributed by atoms with Crippen molar-refractivity contribution in [3.8, 4) is 0 Å². The van der Waals surface area contributed by atoms with E-state index in [0.717, 1.165) is 12.8 Å². The van der Waals surface area contributed by atoms with Gasteiger partial charge in [-0.3, -0.25) is 4.79 Å². The number of amides is 1. The highest BCUT2D eigenvalue weighted by Crippen LogP contribution is 2.41. The molecule has 1 aromatic carbocycles. The Morgan fingerprint density at radius 3 is 2.85 bits per heavy atom. The lowest BCUT2D eigenvalue weighted by molar-refractivity contribution is -0.150. The van der Waals surface area contributed by atoms with Gasteiger partial charge in [0.25, 0.3) is 0 Å². The minimum Gasteiger partial charge on any atom is -0.467 e. The van der Waals surface area contributed by atoms with Crippen LogP contribution < -0.4 is 0 Å². The summed E-state index contributed by atoms with van der Waals surface area (Å²) in [5.74, 6) is -0.225. The van der Waals surface area contributed by atoms with E-state index < -0.39 is 6.04 Å². The van der Waals surface area contributed by atoms with E-state index in [1.54, 1.807) is 4.90 Å². The number of carbonyl (C=O) groups is 2. The number of benzene rings is 1. The third-order valence-electron chi connectivity index (χ3n) is 4.54. The molecule has 1 saturated heterocycles. The number of carbonyl (C=O) groups excluding carboxylic acids is 2. The van der Waals surface area contributed by atoms with Gasteiger partial charge in [0.1, 0.15) is 6.04 Å². The topological polar surface area (TPSA) is 46.6 Å². The summed E-state index contributed by atoms with van der Waals surface area (Å²) < 4.78 is 4.85. The van der Waals surface area contributed by atoms with Crippen molar-refractivity contribution in [2.75, 3.05) is 7.11 Å². The Labute approximate surface area is 118 Å². The molecule has 3 rings (SSSR count). The third kappa shape index (κ3) is 1.90. The summed E-state index contributed by atoms with van der Waals surface area (Å²) in [6.07, 6.45) is 2.89. The lowest BCUT2D eigenvalue weighted by atomic mass is 10.0. The predicted octanol–water partition coefficient (Wildman–Crippen LogP) is 2.15. The second-order valence-corrected chi connectivity index (χ2v) is 5.58. The van der Waals surface area contributed by atoms with Crippen LogP contribution in [0.1, 0.15) is 42.0 Å². The van der Waals surface area contributed by atoms with Crippen LogP contribution in [0.3, 0.4) is 0 Å². The normalized spacial score (nSPS) is 24.9. The molecule has 0 saturated carbocycles. The Balaban J connectivity index is 1.96. The quantitative estimate of drug-likeness (QED) is 0.776. The van der Waals surface area contributed by atoms with Crippen LogP contribution in [-0.2, 0) is 20.7 Å². The van der Waals surface area contributed by atoms with Crippen LogP contribution in [0.5, 0.6) is 0 Å². The highest BCUT2D eigenvalue weighted by atomic mass is 16.5. The first kappa shape index (κ1) is 13.2. The van der Waals surface area contributed by atoms with Crippen molar-refractivity contribution in [2.24, 2.45) is 0 Å². The number of nitrogens with zero attached hydrogens (tertiary/aromatic N) is 1. The minimum absolute atomic E-state index is 0.0315. The largest absolute Gasteiger partial charge is 0.467 e. The second-order valence-electron chi connectivity index (χ2n) is 5.58. The van der Waals surface area contributed by atoms with Gasteiger partial charge in [-0.1, -0.05) is 18.2 Å². The standard InChI is InChI=1S/C16H19NO3/c1-10-4-3-5-12-11(10)6-7-13(12)17-14(16(19)20-2)8-9-15(17)18/h3-5,13-14H,6-9H2,1-2H3. The number of esters is 1. The molecule has 2 atom stereocenters. The molecule has 2 aliphatic rings. The maximum atomic E-state index is 12.2. The summed E-state index contributed by atoms with van der Waals surface area (Å²) in [4.78, 5) is 25.9. The molecule has 2 unspecified atom stereocenters. The van der Waals surface area contributed by atoms with E-state index in [0.29, 0.717) is 12.8 Å². The Bertz CT molecular complexity index is 567. The Hall–Kier alpha value is -1.84. The third-order valence-corrected chi connectivity index (χ3v) is 4.54. The fourth-order valence-electron chi connectivity index (χ4n) is 3.56. The van der Waals surface area contributed by atoms with E-state index in [9.17, 15) is 9.59 Å². The molecule has 1 aliphatic carbocycles. The van der Waals surface area contributed by atoms with E-state index in [-0.39, 0.29) is 17.9 Å². The summed E-state index contributed by atoms with van der Waals surface area (Å²) in [6, 6.07) is 5.83. The molecule has 0 spiro atoms. The molecule has 0 bridgehead atoms. The number of likely N-dealkylation sites (tertiary alicyclic amines) is 1. The van der Waals surface area contributed by atoms with Crippen LogP contribution in [0, 0.1) is 6.92 Å². The zero-order chi connectivity index (χ0) is 14.3. The van der Waals surface area contributed by atoms with E-state index >= 15 is 0 Å². The van der Waals surface area contributed by atoms with Crippen LogP contribution in [0.15, 0.2) is 18.2 Å². The van der Waals surface area contributed by atoms with E-state index in [1.807, 2.05) is 6.07 Å². The number of rotatable bonds is 2. The molecule has 0 N–H and O–H groups in total. The highest BCUT2D eigenvalue weighted by Gasteiger charge is 2.43. The van der Waals surface area contributed by atoms with Crippen LogP contribution >= 0.6 is 0 Å². The first-order chi connectivity index (χ1) is 9.63. The summed E-state index contributed by atoms with van der Waals surface area (Å²) in [5.41, 5.74) is 3.81. The Morgan fingerprint density at radius 1 is 1.30 bits per heavy atom. The van der Waals surface area contributed by atoms with Crippen molar-refractivity contribution in [3.05, 3.63) is 34.9 Å². The van der Waals surface area contributed by atoms with Crippen molar-refractivity contribution in [3.63, 3.8) is 0 Å². The van der Waals surface area contributed by atoms with Crippen molar-refractivity contribution >= 4 is 11.9 Å². The van der Waals surface area contributed by atoms with Crippen LogP contribution in [0.4, 0.5) is 0 Å². The number of aryl methyl sites for hydroxylation is 1. The molecule has 20 heavy (non-hydrogen) atoms. The van der Waals surface area contributed by atoms with Crippen molar-refractivity contribution in [1.29, 1.82) is 0 Å². The number of hydrogen-bond acceptors (Lipinski definition) is 3. The number of fused-ring (bicyclic) bond motifs is 1. The van der Waals surface area contributed by atoms with Gasteiger partial charge in [0.15, 0.2) is 0 Å². The zero-order valence-electron chi connectivity index (χ0n) is 11.9. The van der Waals surface area contributed by atoms with Gasteiger partial charge in [-0.05, 0) is 42.9 Å². The van der Waals surface area contributed by atoms with Gasteiger partial charge < -0.3 is 9.64 Å². The minimum atomic E-state index is -0.413. The molecule has 1 heterocycles. The summed E-state index contributed by atoms with van der Waals surface area (Å²) >= 11 is 0. The van der Waals surface area contributed by atoms with Gasteiger partial charge in [0, 0.05) is 6.42 Å². The molecule has 1 aliphatic heterocycles. The summed E-state index contributed by atoms with van der Waals surface area (Å²) in [7, 11) is 1.38. The molecular formula is C16H19NO3. The predicted molar refractivity (Wildman–Crippen MR) is 74.1 cm³/mol. The van der Waals surface area contributed by atoms with Gasteiger partial charge in [0.05, 0.1) is 13.2 Å². The number of ether oxygens (including phenoxy) is 1. The molecule has 4 heteroatoms. The lowest BCUT2D eigenvalue weighted by Crippen LogP contribution is -2.41. The van der Waals surface area contributed by atoms with Crippen LogP contribution in [-0.4, -0.2) is 29.9 Å². The first-order valence-corrected chi connectivity index (χ1v) is 7.11. The smallest absolute Gasteiger partial charge is 0.328 e. The molecule has 1 aromatic rings. The van der Waals surface area contributed by atoms with Crippen molar-refractivity contribution in [1.82, 2.24) is 4.90 Å². The van der Waals surface area contributed by atoms with E-state index in [1.165, 1.54) is 23.8 Å². The van der Waals surface area contributed by atoms with Gasteiger partial charge in [-0.25, -0.2) is 4.79 Å². The zero-order valence-corrected chi connectivity index (χ0v) is 11.9. The molecule has 0 aromatic heterocycles. The average molecular weight is 273 g/mol. The maximum absolute atomic E-state index is 12.2. The van der Waals surface area contributed by atoms with E-state index in [4.69, 9.17) is 4.74 Å². The fraction of sp³-hybridized carbons (Fsp3) is 0.500. The first-order valence-electron chi connectivity index (χ1n) is 7.11. The SMILES string of the molecule is COC(=O)C1CCC(=O)N1C1CCc2c(C)cccc21. The van der Waals surface area contributed by atoms with Crippen molar-refractivity contribution < 1.29 is 14.3 Å².